The van der Waals surface area contributed by atoms with Gasteiger partial charge in [-0.25, -0.2) is 0 Å². The van der Waals surface area contributed by atoms with Gasteiger partial charge in [0.2, 0.25) is 0 Å². The highest BCUT2D eigenvalue weighted by Crippen LogP contribution is 2.02. The predicted octanol–water partition coefficient (Wildman–Crippen LogP) is 2.16. The minimum Gasteiger partial charge on any atom is -0.325 e. The summed E-state index contributed by atoms with van der Waals surface area (Å²) in [4.78, 5) is 23.3. The zero-order valence-electron chi connectivity index (χ0n) is 7.74. The van der Waals surface area contributed by atoms with E-state index in [0.717, 1.165) is 4.90 Å². The molecule has 0 radical (unpaired) electrons. The van der Waals surface area contributed by atoms with E-state index >= 15 is 0 Å². The maximum absolute atomic E-state index is 11.5. The SMILES string of the molecule is CN(CC(=O)c1ccccc1)C(=O)Cl. The molecule has 0 aliphatic heterocycles. The van der Waals surface area contributed by atoms with Crippen LogP contribution in [0.15, 0.2) is 30.3 Å². The summed E-state index contributed by atoms with van der Waals surface area (Å²) in [6.07, 6.45) is 0. The number of nitrogens with zero attached hydrogens (tertiary/aromatic N) is 1. The van der Waals surface area contributed by atoms with E-state index in [4.69, 9.17) is 11.6 Å². The molecule has 1 rings (SSSR count). The minimum absolute atomic E-state index is 0.00630. The van der Waals surface area contributed by atoms with E-state index in [1.807, 2.05) is 6.07 Å². The van der Waals surface area contributed by atoms with Gasteiger partial charge in [-0.1, -0.05) is 30.3 Å². The molecule has 1 aromatic rings. The van der Waals surface area contributed by atoms with Gasteiger partial charge in [0.25, 0.3) is 0 Å². The summed E-state index contributed by atoms with van der Waals surface area (Å²) in [5.41, 5.74) is 0.581. The van der Waals surface area contributed by atoms with Gasteiger partial charge in [0, 0.05) is 12.6 Å². The Kier molecular flexibility index (Phi) is 3.65. The second-order valence-corrected chi connectivity index (χ2v) is 3.22. The Morgan fingerprint density at radius 1 is 1.29 bits per heavy atom. The molecule has 1 amide bonds. The van der Waals surface area contributed by atoms with Crippen LogP contribution in [0.4, 0.5) is 4.79 Å². The highest BCUT2D eigenvalue weighted by molar-refractivity contribution is 6.62. The van der Waals surface area contributed by atoms with Crippen molar-refractivity contribution in [3.63, 3.8) is 0 Å². The van der Waals surface area contributed by atoms with Crippen molar-refractivity contribution in [1.29, 1.82) is 0 Å². The fraction of sp³-hybridized carbons (Fsp3) is 0.200. The Morgan fingerprint density at radius 3 is 2.36 bits per heavy atom. The first-order valence-corrected chi connectivity index (χ1v) is 4.48. The summed E-state index contributed by atoms with van der Waals surface area (Å²) in [6.45, 7) is 0.00630. The lowest BCUT2D eigenvalue weighted by Gasteiger charge is -2.11. The zero-order valence-corrected chi connectivity index (χ0v) is 8.49. The molecular weight excluding hydrogens is 202 g/mol. The van der Waals surface area contributed by atoms with Gasteiger partial charge in [-0.05, 0) is 11.6 Å². The third kappa shape index (κ3) is 2.85. The predicted molar refractivity (Wildman–Crippen MR) is 54.7 cm³/mol. The van der Waals surface area contributed by atoms with Crippen LogP contribution < -0.4 is 0 Å². The van der Waals surface area contributed by atoms with Crippen LogP contribution in [0.2, 0.25) is 0 Å². The molecule has 0 atom stereocenters. The quantitative estimate of drug-likeness (QED) is 0.437. The second-order valence-electron chi connectivity index (χ2n) is 2.90. The number of carbonyl (C=O) groups excluding carboxylic acids is 2. The largest absolute Gasteiger partial charge is 0.325 e. The molecule has 0 saturated heterocycles. The first-order valence-electron chi connectivity index (χ1n) is 4.10. The number of carbonyl (C=O) groups is 2. The van der Waals surface area contributed by atoms with Crippen LogP contribution in [-0.4, -0.2) is 29.6 Å². The first-order chi connectivity index (χ1) is 6.61. The van der Waals surface area contributed by atoms with Crippen molar-refractivity contribution in [3.05, 3.63) is 35.9 Å². The first kappa shape index (κ1) is 10.7. The summed E-state index contributed by atoms with van der Waals surface area (Å²) in [6, 6.07) is 8.78. The lowest BCUT2D eigenvalue weighted by atomic mass is 10.1. The van der Waals surface area contributed by atoms with E-state index in [-0.39, 0.29) is 12.3 Å². The maximum Gasteiger partial charge on any atom is 0.316 e. The topological polar surface area (TPSA) is 37.4 Å². The van der Waals surface area contributed by atoms with Crippen LogP contribution >= 0.6 is 11.6 Å². The van der Waals surface area contributed by atoms with Crippen LogP contribution in [0.1, 0.15) is 10.4 Å². The molecule has 0 aliphatic rings. The summed E-state index contributed by atoms with van der Waals surface area (Å²) >= 11 is 5.19. The number of ketones is 1. The Hall–Kier alpha value is -1.35. The van der Waals surface area contributed by atoms with Crippen molar-refractivity contribution in [2.45, 2.75) is 0 Å². The zero-order chi connectivity index (χ0) is 10.6. The Labute approximate surface area is 87.3 Å². The molecule has 0 aliphatic carbocycles. The van der Waals surface area contributed by atoms with Gasteiger partial charge < -0.3 is 4.90 Å². The summed E-state index contributed by atoms with van der Waals surface area (Å²) in [5, 5.41) is -0.630. The number of benzene rings is 1. The highest BCUT2D eigenvalue weighted by atomic mass is 35.5. The smallest absolute Gasteiger partial charge is 0.316 e. The van der Waals surface area contributed by atoms with Crippen LogP contribution in [0, 0.1) is 0 Å². The van der Waals surface area contributed by atoms with Gasteiger partial charge in [-0.3, -0.25) is 9.59 Å². The van der Waals surface area contributed by atoms with E-state index in [1.54, 1.807) is 24.3 Å². The van der Waals surface area contributed by atoms with Crippen molar-refractivity contribution >= 4 is 22.8 Å². The van der Waals surface area contributed by atoms with Crippen molar-refractivity contribution in [3.8, 4) is 0 Å². The molecule has 0 N–H and O–H groups in total. The van der Waals surface area contributed by atoms with Crippen LogP contribution in [0.25, 0.3) is 0 Å². The molecule has 0 saturated carbocycles. The molecule has 0 bridgehead atoms. The standard InChI is InChI=1S/C10H10ClNO2/c1-12(10(11)14)7-9(13)8-5-3-2-4-6-8/h2-6H,7H2,1H3. The second kappa shape index (κ2) is 4.77. The maximum atomic E-state index is 11.5. The minimum atomic E-state index is -0.630. The molecule has 4 heteroatoms. The average Bonchev–Trinajstić information content (AvgIpc) is 2.19. The summed E-state index contributed by atoms with van der Waals surface area (Å²) < 4.78 is 0. The number of amides is 1. The van der Waals surface area contributed by atoms with Gasteiger partial charge in [0.15, 0.2) is 5.78 Å². The van der Waals surface area contributed by atoms with E-state index in [9.17, 15) is 9.59 Å². The third-order valence-corrected chi connectivity index (χ3v) is 2.07. The van der Waals surface area contributed by atoms with Gasteiger partial charge in [0.05, 0.1) is 6.54 Å². The van der Waals surface area contributed by atoms with E-state index in [2.05, 4.69) is 0 Å². The highest BCUT2D eigenvalue weighted by Gasteiger charge is 2.11. The van der Waals surface area contributed by atoms with E-state index < -0.39 is 5.37 Å². The molecule has 0 fully saturated rings. The Bertz CT molecular complexity index is 337. The van der Waals surface area contributed by atoms with Gasteiger partial charge in [-0.2, -0.15) is 0 Å². The number of hydrogen-bond acceptors (Lipinski definition) is 2. The average molecular weight is 212 g/mol. The van der Waals surface area contributed by atoms with E-state index in [0.29, 0.717) is 5.56 Å². The van der Waals surface area contributed by atoms with E-state index in [1.165, 1.54) is 7.05 Å². The molecule has 14 heavy (non-hydrogen) atoms. The van der Waals surface area contributed by atoms with Crippen LogP contribution in [0.3, 0.4) is 0 Å². The van der Waals surface area contributed by atoms with Crippen molar-refractivity contribution < 1.29 is 9.59 Å². The van der Waals surface area contributed by atoms with Crippen LogP contribution in [-0.2, 0) is 0 Å². The monoisotopic (exact) mass is 211 g/mol. The number of halogens is 1. The fourth-order valence-corrected chi connectivity index (χ4v) is 1.05. The number of rotatable bonds is 3. The number of likely N-dealkylation sites (N-methyl/N-ethyl adjacent to an activating group) is 1. The summed E-state index contributed by atoms with van der Waals surface area (Å²) in [7, 11) is 1.48. The molecule has 0 heterocycles. The molecule has 0 unspecified atom stereocenters. The van der Waals surface area contributed by atoms with Crippen molar-refractivity contribution in [1.82, 2.24) is 4.90 Å². The normalized spacial score (nSPS) is 9.57. The van der Waals surface area contributed by atoms with Gasteiger partial charge >= 0.3 is 5.37 Å². The van der Waals surface area contributed by atoms with Gasteiger partial charge in [0.1, 0.15) is 0 Å². The molecule has 3 nitrogen and oxygen atoms in total. The Morgan fingerprint density at radius 2 is 1.86 bits per heavy atom. The molecule has 0 spiro atoms. The number of Topliss-reactive ketones (excluding diaryl/α,β-unsaturated/α-hetero) is 1. The van der Waals surface area contributed by atoms with Crippen molar-refractivity contribution in [2.75, 3.05) is 13.6 Å². The summed E-state index contributed by atoms with van der Waals surface area (Å²) in [5.74, 6) is -0.123. The lowest BCUT2D eigenvalue weighted by Crippen LogP contribution is -2.27. The fourth-order valence-electron chi connectivity index (χ4n) is 0.993. The van der Waals surface area contributed by atoms with Crippen molar-refractivity contribution in [2.24, 2.45) is 0 Å². The van der Waals surface area contributed by atoms with Gasteiger partial charge in [-0.15, -0.1) is 0 Å². The molecule has 0 aromatic heterocycles. The Balaban J connectivity index is 2.64. The molecular formula is C10H10ClNO2. The third-order valence-electron chi connectivity index (χ3n) is 1.78. The molecule has 1 aromatic carbocycles. The molecule has 74 valence electrons. The lowest BCUT2D eigenvalue weighted by molar-refractivity contribution is 0.0961. The van der Waals surface area contributed by atoms with Crippen LogP contribution in [0.5, 0.6) is 0 Å². The number of hydrogen-bond donors (Lipinski definition) is 0.